The number of benzene rings is 2. The molecule has 0 saturated heterocycles. The zero-order chi connectivity index (χ0) is 19.4. The molecule has 3 aromatic rings. The van der Waals surface area contributed by atoms with Crippen molar-refractivity contribution in [3.8, 4) is 5.75 Å². The first-order valence-corrected chi connectivity index (χ1v) is 8.63. The van der Waals surface area contributed by atoms with E-state index in [2.05, 4.69) is 15.5 Å². The highest BCUT2D eigenvalue weighted by Crippen LogP contribution is 2.32. The van der Waals surface area contributed by atoms with Crippen LogP contribution in [0.5, 0.6) is 5.75 Å². The van der Waals surface area contributed by atoms with Crippen LogP contribution in [0.1, 0.15) is 28.5 Å². The largest absolute Gasteiger partial charge is 0.495 e. The molecular weight excluding hydrogens is 342 g/mol. The van der Waals surface area contributed by atoms with Crippen LogP contribution in [0.15, 0.2) is 36.4 Å². The molecule has 1 atom stereocenters. The number of anilines is 1. The van der Waals surface area contributed by atoms with Crippen molar-refractivity contribution >= 4 is 34.6 Å². The first-order chi connectivity index (χ1) is 13.0. The SMILES string of the molecule is COc1c(C(=O)N[C@@H](C)CN)ccc2[nH]nc(/C=C/c3ccc(N)cc3)c12. The van der Waals surface area contributed by atoms with Crippen molar-refractivity contribution in [3.05, 3.63) is 53.2 Å². The number of hydrogen-bond acceptors (Lipinski definition) is 5. The van der Waals surface area contributed by atoms with Gasteiger partial charge in [0, 0.05) is 18.3 Å². The van der Waals surface area contributed by atoms with Crippen LogP contribution in [0.2, 0.25) is 0 Å². The Morgan fingerprint density at radius 3 is 2.67 bits per heavy atom. The summed E-state index contributed by atoms with van der Waals surface area (Å²) in [7, 11) is 1.54. The number of nitrogens with one attached hydrogen (secondary N) is 2. The van der Waals surface area contributed by atoms with E-state index in [1.165, 1.54) is 0 Å². The molecule has 0 aliphatic rings. The highest BCUT2D eigenvalue weighted by atomic mass is 16.5. The van der Waals surface area contributed by atoms with Gasteiger partial charge in [-0.1, -0.05) is 18.2 Å². The lowest BCUT2D eigenvalue weighted by atomic mass is 10.1. The molecule has 0 aliphatic heterocycles. The minimum Gasteiger partial charge on any atom is -0.495 e. The fraction of sp³-hybridized carbons (Fsp3) is 0.200. The van der Waals surface area contributed by atoms with Crippen LogP contribution in [-0.4, -0.2) is 35.8 Å². The van der Waals surface area contributed by atoms with Crippen molar-refractivity contribution in [2.24, 2.45) is 5.73 Å². The van der Waals surface area contributed by atoms with Crippen LogP contribution in [0, 0.1) is 0 Å². The topological polar surface area (TPSA) is 119 Å². The van der Waals surface area contributed by atoms with Gasteiger partial charge in [0.2, 0.25) is 0 Å². The van der Waals surface area contributed by atoms with Crippen LogP contribution >= 0.6 is 0 Å². The van der Waals surface area contributed by atoms with E-state index in [1.807, 2.05) is 49.4 Å². The highest BCUT2D eigenvalue weighted by molar-refractivity contribution is 6.05. The van der Waals surface area contributed by atoms with Crippen LogP contribution in [0.4, 0.5) is 5.69 Å². The number of fused-ring (bicyclic) bond motifs is 1. The van der Waals surface area contributed by atoms with Crippen LogP contribution in [0.25, 0.3) is 23.1 Å². The maximum absolute atomic E-state index is 12.6. The molecule has 1 aromatic heterocycles. The lowest BCUT2D eigenvalue weighted by molar-refractivity contribution is 0.0938. The molecule has 1 heterocycles. The smallest absolute Gasteiger partial charge is 0.255 e. The standard InChI is InChI=1S/C20H23N5O2/c1-12(11-21)23-20(26)15-8-10-17-18(19(15)27-2)16(24-25-17)9-5-13-3-6-14(22)7-4-13/h3-10,12H,11,21-22H2,1-2H3,(H,23,26)(H,24,25)/b9-5+/t12-/m0/s1. The van der Waals surface area contributed by atoms with Gasteiger partial charge >= 0.3 is 0 Å². The monoisotopic (exact) mass is 365 g/mol. The summed E-state index contributed by atoms with van der Waals surface area (Å²) in [5.74, 6) is 0.237. The molecule has 140 valence electrons. The number of aromatic amines is 1. The van der Waals surface area contributed by atoms with Gasteiger partial charge in [-0.2, -0.15) is 5.10 Å². The van der Waals surface area contributed by atoms with Crippen molar-refractivity contribution < 1.29 is 9.53 Å². The fourth-order valence-electron chi connectivity index (χ4n) is 2.76. The average Bonchev–Trinajstić information content (AvgIpc) is 3.09. The zero-order valence-corrected chi connectivity index (χ0v) is 15.3. The quantitative estimate of drug-likeness (QED) is 0.500. The number of hydrogen-bond donors (Lipinski definition) is 4. The number of rotatable bonds is 6. The first-order valence-electron chi connectivity index (χ1n) is 8.63. The summed E-state index contributed by atoms with van der Waals surface area (Å²) in [6.07, 6.45) is 3.80. The Bertz CT molecular complexity index is 976. The van der Waals surface area contributed by atoms with Gasteiger partial charge < -0.3 is 21.5 Å². The average molecular weight is 365 g/mol. The molecule has 0 unspecified atom stereocenters. The molecule has 7 nitrogen and oxygen atoms in total. The lowest BCUT2D eigenvalue weighted by Gasteiger charge is -2.14. The number of nitrogen functional groups attached to an aromatic ring is 1. The van der Waals surface area contributed by atoms with Crippen molar-refractivity contribution in [3.63, 3.8) is 0 Å². The minimum atomic E-state index is -0.235. The zero-order valence-electron chi connectivity index (χ0n) is 15.3. The molecule has 0 bridgehead atoms. The van der Waals surface area contributed by atoms with E-state index < -0.39 is 0 Å². The number of ether oxygens (including phenoxy) is 1. The van der Waals surface area contributed by atoms with Gasteiger partial charge in [0.05, 0.1) is 29.3 Å². The Balaban J connectivity index is 2.01. The second kappa shape index (κ2) is 7.92. The molecule has 0 saturated carbocycles. The summed E-state index contributed by atoms with van der Waals surface area (Å²) < 4.78 is 5.56. The molecule has 27 heavy (non-hydrogen) atoms. The maximum atomic E-state index is 12.6. The number of carbonyl (C=O) groups is 1. The summed E-state index contributed by atoms with van der Waals surface area (Å²) in [5.41, 5.74) is 14.9. The summed E-state index contributed by atoms with van der Waals surface area (Å²) in [6.45, 7) is 2.21. The molecular formula is C20H23N5O2. The van der Waals surface area contributed by atoms with Gasteiger partial charge in [-0.05, 0) is 42.8 Å². The summed E-state index contributed by atoms with van der Waals surface area (Å²) in [5, 5.41) is 10.9. The molecule has 3 rings (SSSR count). The normalized spacial score (nSPS) is 12.4. The highest BCUT2D eigenvalue weighted by Gasteiger charge is 2.19. The first kappa shape index (κ1) is 18.5. The molecule has 0 aliphatic carbocycles. The summed E-state index contributed by atoms with van der Waals surface area (Å²) >= 11 is 0. The van der Waals surface area contributed by atoms with Crippen molar-refractivity contribution in [1.29, 1.82) is 0 Å². The third-order valence-electron chi connectivity index (χ3n) is 4.26. The van der Waals surface area contributed by atoms with Gasteiger partial charge in [0.15, 0.2) is 0 Å². The Morgan fingerprint density at radius 2 is 2.00 bits per heavy atom. The molecule has 1 amide bonds. The van der Waals surface area contributed by atoms with E-state index in [1.54, 1.807) is 13.2 Å². The van der Waals surface area contributed by atoms with Gasteiger partial charge in [0.1, 0.15) is 5.75 Å². The second-order valence-corrected chi connectivity index (χ2v) is 6.29. The van der Waals surface area contributed by atoms with Gasteiger partial charge in [-0.3, -0.25) is 9.89 Å². The van der Waals surface area contributed by atoms with Crippen molar-refractivity contribution in [1.82, 2.24) is 15.5 Å². The minimum absolute atomic E-state index is 0.132. The molecule has 2 aromatic carbocycles. The van der Waals surface area contributed by atoms with E-state index in [4.69, 9.17) is 16.2 Å². The predicted octanol–water partition coefficient (Wildman–Crippen LogP) is 2.40. The molecule has 0 spiro atoms. The van der Waals surface area contributed by atoms with E-state index in [9.17, 15) is 4.79 Å². The number of nitrogens with zero attached hydrogens (tertiary/aromatic N) is 1. The number of H-pyrrole nitrogens is 1. The van der Waals surface area contributed by atoms with Crippen LogP contribution < -0.4 is 21.5 Å². The number of carbonyl (C=O) groups excluding carboxylic acids is 1. The molecule has 0 radical (unpaired) electrons. The van der Waals surface area contributed by atoms with Gasteiger partial charge in [-0.15, -0.1) is 0 Å². The van der Waals surface area contributed by atoms with Crippen LogP contribution in [-0.2, 0) is 0 Å². The van der Waals surface area contributed by atoms with Crippen LogP contribution in [0.3, 0.4) is 0 Å². The predicted molar refractivity (Wildman–Crippen MR) is 108 cm³/mol. The van der Waals surface area contributed by atoms with Gasteiger partial charge in [0.25, 0.3) is 5.91 Å². The number of amides is 1. The van der Waals surface area contributed by atoms with E-state index in [0.29, 0.717) is 29.2 Å². The third kappa shape index (κ3) is 3.93. The Hall–Kier alpha value is -3.32. The second-order valence-electron chi connectivity index (χ2n) is 6.29. The maximum Gasteiger partial charge on any atom is 0.255 e. The molecule has 6 N–H and O–H groups in total. The van der Waals surface area contributed by atoms with Gasteiger partial charge in [-0.25, -0.2) is 0 Å². The summed E-state index contributed by atoms with van der Waals surface area (Å²) in [4.78, 5) is 12.6. The van der Waals surface area contributed by atoms with Crippen molar-refractivity contribution in [2.45, 2.75) is 13.0 Å². The van der Waals surface area contributed by atoms with E-state index >= 15 is 0 Å². The van der Waals surface area contributed by atoms with E-state index in [0.717, 1.165) is 16.5 Å². The van der Waals surface area contributed by atoms with E-state index in [-0.39, 0.29) is 11.9 Å². The third-order valence-corrected chi connectivity index (χ3v) is 4.26. The molecule has 7 heteroatoms. The summed E-state index contributed by atoms with van der Waals surface area (Å²) in [6, 6.07) is 10.9. The Morgan fingerprint density at radius 1 is 1.26 bits per heavy atom. The molecule has 0 fully saturated rings. The number of nitrogens with two attached hydrogens (primary N) is 2. The lowest BCUT2D eigenvalue weighted by Crippen LogP contribution is -2.37. The fourth-order valence-corrected chi connectivity index (χ4v) is 2.76. The Labute approximate surface area is 157 Å². The number of aromatic nitrogens is 2. The number of methoxy groups -OCH3 is 1. The Kier molecular flexibility index (Phi) is 5.42. The van der Waals surface area contributed by atoms with Crippen molar-refractivity contribution in [2.75, 3.05) is 19.4 Å².